The van der Waals surface area contributed by atoms with Crippen molar-refractivity contribution < 1.29 is 0 Å². The second kappa shape index (κ2) is 5.90. The number of aryl methyl sites for hydroxylation is 1. The number of hydrogen-bond donors (Lipinski definition) is 1. The van der Waals surface area contributed by atoms with Gasteiger partial charge in [0.15, 0.2) is 0 Å². The zero-order chi connectivity index (χ0) is 13.1. The monoisotopic (exact) mass is 279 g/mol. The highest BCUT2D eigenvalue weighted by atomic mass is 32.1. The Morgan fingerprint density at radius 1 is 1.32 bits per heavy atom. The Kier molecular flexibility index (Phi) is 4.20. The van der Waals surface area contributed by atoms with Gasteiger partial charge in [-0.3, -0.25) is 4.90 Å². The van der Waals surface area contributed by atoms with Crippen molar-refractivity contribution in [2.45, 2.75) is 57.5 Å². The molecule has 1 saturated heterocycles. The molecule has 3 nitrogen and oxygen atoms in total. The molecule has 1 N–H and O–H groups in total. The number of nitrogens with one attached hydrogen (secondary N) is 1. The molecule has 2 aliphatic rings. The van der Waals surface area contributed by atoms with E-state index in [9.17, 15) is 0 Å². The molecule has 0 aromatic carbocycles. The van der Waals surface area contributed by atoms with Crippen LogP contribution in [-0.2, 0) is 6.54 Å². The molecular formula is C15H25N3S. The molecule has 1 aromatic rings. The molecule has 19 heavy (non-hydrogen) atoms. The summed E-state index contributed by atoms with van der Waals surface area (Å²) in [5.74, 6) is 0. The van der Waals surface area contributed by atoms with E-state index in [4.69, 9.17) is 0 Å². The van der Waals surface area contributed by atoms with Crippen molar-refractivity contribution >= 4 is 11.3 Å². The van der Waals surface area contributed by atoms with Gasteiger partial charge in [-0.1, -0.05) is 19.3 Å². The second-order valence-corrected chi connectivity index (χ2v) is 7.52. The average Bonchev–Trinajstić information content (AvgIpc) is 2.71. The van der Waals surface area contributed by atoms with Gasteiger partial charge in [-0.2, -0.15) is 0 Å². The third-order valence-electron chi connectivity index (χ3n) is 4.52. The van der Waals surface area contributed by atoms with Crippen LogP contribution in [0.2, 0.25) is 0 Å². The van der Waals surface area contributed by atoms with Gasteiger partial charge in [-0.05, 0) is 39.3 Å². The minimum Gasteiger partial charge on any atom is -0.310 e. The van der Waals surface area contributed by atoms with Gasteiger partial charge >= 0.3 is 0 Å². The summed E-state index contributed by atoms with van der Waals surface area (Å²) in [7, 11) is 0. The van der Waals surface area contributed by atoms with Crippen LogP contribution < -0.4 is 5.32 Å². The van der Waals surface area contributed by atoms with E-state index in [0.717, 1.165) is 6.54 Å². The van der Waals surface area contributed by atoms with Crippen LogP contribution >= 0.6 is 11.3 Å². The van der Waals surface area contributed by atoms with Crippen molar-refractivity contribution in [1.29, 1.82) is 0 Å². The molecule has 1 aliphatic heterocycles. The zero-order valence-electron chi connectivity index (χ0n) is 12.0. The molecule has 0 amide bonds. The van der Waals surface area contributed by atoms with Gasteiger partial charge in [-0.25, -0.2) is 4.98 Å². The largest absolute Gasteiger partial charge is 0.310 e. The number of hydrogen-bond acceptors (Lipinski definition) is 4. The lowest BCUT2D eigenvalue weighted by molar-refractivity contribution is 0.159. The predicted octanol–water partition coefficient (Wildman–Crippen LogP) is 2.95. The van der Waals surface area contributed by atoms with E-state index in [1.54, 1.807) is 0 Å². The Morgan fingerprint density at radius 3 is 2.89 bits per heavy atom. The topological polar surface area (TPSA) is 28.2 Å². The summed E-state index contributed by atoms with van der Waals surface area (Å²) in [5.41, 5.74) is 0.404. The van der Waals surface area contributed by atoms with Crippen LogP contribution in [0.4, 0.5) is 0 Å². The van der Waals surface area contributed by atoms with Crippen LogP contribution in [0.3, 0.4) is 0 Å². The van der Waals surface area contributed by atoms with Gasteiger partial charge in [0.2, 0.25) is 0 Å². The van der Waals surface area contributed by atoms with Crippen LogP contribution in [0.15, 0.2) is 6.20 Å². The SMILES string of the molecule is Cc1cnc(CN2CCCNC3(CCCCC3)C2)s1. The smallest absolute Gasteiger partial charge is 0.107 e. The Bertz CT molecular complexity index is 409. The summed E-state index contributed by atoms with van der Waals surface area (Å²) in [5, 5.41) is 5.14. The van der Waals surface area contributed by atoms with E-state index >= 15 is 0 Å². The van der Waals surface area contributed by atoms with E-state index in [2.05, 4.69) is 22.1 Å². The highest BCUT2D eigenvalue weighted by Gasteiger charge is 2.34. The molecule has 0 unspecified atom stereocenters. The number of rotatable bonds is 2. The molecule has 0 bridgehead atoms. The molecule has 0 atom stereocenters. The third kappa shape index (κ3) is 3.36. The molecule has 1 aliphatic carbocycles. The number of aromatic nitrogens is 1. The van der Waals surface area contributed by atoms with Crippen LogP contribution in [0, 0.1) is 6.92 Å². The molecule has 1 saturated carbocycles. The van der Waals surface area contributed by atoms with Crippen molar-refractivity contribution in [3.8, 4) is 0 Å². The first-order valence-electron chi connectivity index (χ1n) is 7.65. The van der Waals surface area contributed by atoms with Gasteiger partial charge < -0.3 is 5.32 Å². The van der Waals surface area contributed by atoms with Crippen molar-refractivity contribution in [3.05, 3.63) is 16.1 Å². The molecule has 0 radical (unpaired) electrons. The molecule has 3 rings (SSSR count). The van der Waals surface area contributed by atoms with Gasteiger partial charge in [0.25, 0.3) is 0 Å². The third-order valence-corrected chi connectivity index (χ3v) is 5.41. The molecule has 1 spiro atoms. The maximum Gasteiger partial charge on any atom is 0.107 e. The van der Waals surface area contributed by atoms with E-state index < -0.39 is 0 Å². The summed E-state index contributed by atoms with van der Waals surface area (Å²) in [6, 6.07) is 0. The normalized spacial score (nSPS) is 24.5. The first-order chi connectivity index (χ1) is 9.26. The fourth-order valence-electron chi connectivity index (χ4n) is 3.58. The van der Waals surface area contributed by atoms with Crippen LogP contribution in [0.25, 0.3) is 0 Å². The predicted molar refractivity (Wildman–Crippen MR) is 80.6 cm³/mol. The Labute approximate surface area is 120 Å². The van der Waals surface area contributed by atoms with Crippen molar-refractivity contribution in [1.82, 2.24) is 15.2 Å². The summed E-state index contributed by atoms with van der Waals surface area (Å²) in [4.78, 5) is 8.49. The lowest BCUT2D eigenvalue weighted by Gasteiger charge is -2.39. The molecule has 2 heterocycles. The molecule has 106 valence electrons. The quantitative estimate of drug-likeness (QED) is 0.902. The molecule has 4 heteroatoms. The summed E-state index contributed by atoms with van der Waals surface area (Å²) in [6.07, 6.45) is 10.2. The van der Waals surface area contributed by atoms with Crippen molar-refractivity contribution in [3.63, 3.8) is 0 Å². The molecule has 2 fully saturated rings. The fourth-order valence-corrected chi connectivity index (χ4v) is 4.41. The van der Waals surface area contributed by atoms with Crippen molar-refractivity contribution in [2.24, 2.45) is 0 Å². The van der Waals surface area contributed by atoms with E-state index in [1.165, 1.54) is 68.0 Å². The average molecular weight is 279 g/mol. The molecular weight excluding hydrogens is 254 g/mol. The number of nitrogens with zero attached hydrogens (tertiary/aromatic N) is 2. The first-order valence-corrected chi connectivity index (χ1v) is 8.46. The fraction of sp³-hybridized carbons (Fsp3) is 0.800. The van der Waals surface area contributed by atoms with E-state index in [1.807, 2.05) is 17.5 Å². The maximum atomic E-state index is 4.53. The Hall–Kier alpha value is -0.450. The van der Waals surface area contributed by atoms with E-state index in [0.29, 0.717) is 5.54 Å². The minimum absolute atomic E-state index is 0.404. The van der Waals surface area contributed by atoms with Crippen LogP contribution in [-0.4, -0.2) is 35.1 Å². The standard InChI is InChI=1S/C15H25N3S/c1-13-10-16-14(19-13)11-18-9-5-8-17-15(12-18)6-3-2-4-7-15/h10,17H,2-9,11-12H2,1H3. The van der Waals surface area contributed by atoms with Gasteiger partial charge in [0.05, 0.1) is 6.54 Å². The lowest BCUT2D eigenvalue weighted by Crippen LogP contribution is -2.52. The summed E-state index contributed by atoms with van der Waals surface area (Å²) >= 11 is 1.85. The highest BCUT2D eigenvalue weighted by Crippen LogP contribution is 2.31. The second-order valence-electron chi connectivity index (χ2n) is 6.20. The minimum atomic E-state index is 0.404. The number of thiazole rings is 1. The first kappa shape index (κ1) is 13.5. The highest BCUT2D eigenvalue weighted by molar-refractivity contribution is 7.11. The van der Waals surface area contributed by atoms with Gasteiger partial charge in [-0.15, -0.1) is 11.3 Å². The Morgan fingerprint density at radius 2 is 2.16 bits per heavy atom. The Balaban J connectivity index is 1.67. The van der Waals surface area contributed by atoms with Crippen molar-refractivity contribution in [2.75, 3.05) is 19.6 Å². The van der Waals surface area contributed by atoms with Gasteiger partial charge in [0.1, 0.15) is 5.01 Å². The van der Waals surface area contributed by atoms with Gasteiger partial charge in [0, 0.05) is 23.2 Å². The van der Waals surface area contributed by atoms with E-state index in [-0.39, 0.29) is 0 Å². The lowest BCUT2D eigenvalue weighted by atomic mass is 9.81. The summed E-state index contributed by atoms with van der Waals surface area (Å²) < 4.78 is 0. The summed E-state index contributed by atoms with van der Waals surface area (Å²) in [6.45, 7) is 6.81. The van der Waals surface area contributed by atoms with Crippen LogP contribution in [0.1, 0.15) is 48.4 Å². The maximum absolute atomic E-state index is 4.53. The molecule has 1 aromatic heterocycles. The van der Waals surface area contributed by atoms with Crippen LogP contribution in [0.5, 0.6) is 0 Å². The zero-order valence-corrected chi connectivity index (χ0v) is 12.8.